The van der Waals surface area contributed by atoms with Gasteiger partial charge in [-0.2, -0.15) is 5.26 Å². The number of nitrogens with zero attached hydrogens (tertiary/aromatic N) is 1. The molecule has 0 unspecified atom stereocenters. The minimum atomic E-state index is -0.890. The molecule has 0 aliphatic rings. The maximum atomic E-state index is 13.9. The van der Waals surface area contributed by atoms with Crippen molar-refractivity contribution >= 4 is 0 Å². The lowest BCUT2D eigenvalue weighted by Crippen LogP contribution is -2.07. The standard InChI is InChI=1S/C17H24FNO/c1-3-4-5-6-7-16(18)12-15(13-19)14-8-10-17(20-2)11-9-14/h8-11,15-16H,3-7,12H2,1-2H3/t15-,16+/m1/s1. The second kappa shape index (κ2) is 9.36. The van der Waals surface area contributed by atoms with Gasteiger partial charge in [-0.05, 0) is 30.5 Å². The van der Waals surface area contributed by atoms with Crippen molar-refractivity contribution in [2.75, 3.05) is 7.11 Å². The third-order valence-corrected chi connectivity index (χ3v) is 3.54. The molecule has 0 radical (unpaired) electrons. The molecule has 0 amide bonds. The molecule has 1 rings (SSSR count). The Balaban J connectivity index is 2.47. The number of nitriles is 1. The third kappa shape index (κ3) is 5.61. The lowest BCUT2D eigenvalue weighted by Gasteiger charge is -2.13. The molecular weight excluding hydrogens is 253 g/mol. The molecule has 0 aliphatic carbocycles. The number of hydrogen-bond donors (Lipinski definition) is 0. The number of halogens is 1. The number of alkyl halides is 1. The Kier molecular flexibility index (Phi) is 7.72. The molecule has 0 saturated carbocycles. The van der Waals surface area contributed by atoms with Crippen molar-refractivity contribution in [2.24, 2.45) is 0 Å². The van der Waals surface area contributed by atoms with Gasteiger partial charge in [0.1, 0.15) is 11.9 Å². The molecule has 0 aliphatic heterocycles. The summed E-state index contributed by atoms with van der Waals surface area (Å²) in [5.41, 5.74) is 0.865. The van der Waals surface area contributed by atoms with E-state index < -0.39 is 6.17 Å². The van der Waals surface area contributed by atoms with E-state index in [0.29, 0.717) is 6.42 Å². The van der Waals surface area contributed by atoms with Crippen LogP contribution in [-0.2, 0) is 0 Å². The minimum absolute atomic E-state index is 0.287. The Morgan fingerprint density at radius 2 is 1.90 bits per heavy atom. The largest absolute Gasteiger partial charge is 0.497 e. The van der Waals surface area contributed by atoms with Gasteiger partial charge in [-0.15, -0.1) is 0 Å². The van der Waals surface area contributed by atoms with E-state index in [1.807, 2.05) is 24.3 Å². The van der Waals surface area contributed by atoms with Crippen molar-refractivity contribution in [2.45, 2.75) is 57.5 Å². The van der Waals surface area contributed by atoms with E-state index in [4.69, 9.17) is 4.74 Å². The Morgan fingerprint density at radius 3 is 2.45 bits per heavy atom. The lowest BCUT2D eigenvalue weighted by atomic mass is 9.93. The average molecular weight is 277 g/mol. The first-order valence-corrected chi connectivity index (χ1v) is 7.38. The van der Waals surface area contributed by atoms with Crippen LogP contribution in [0.15, 0.2) is 24.3 Å². The van der Waals surface area contributed by atoms with E-state index in [1.165, 1.54) is 0 Å². The number of methoxy groups -OCH3 is 1. The fourth-order valence-corrected chi connectivity index (χ4v) is 2.27. The number of ether oxygens (including phenoxy) is 1. The lowest BCUT2D eigenvalue weighted by molar-refractivity contribution is 0.281. The molecule has 1 aromatic rings. The Hall–Kier alpha value is -1.56. The van der Waals surface area contributed by atoms with E-state index >= 15 is 0 Å². The summed E-state index contributed by atoms with van der Waals surface area (Å²) in [5.74, 6) is 0.379. The van der Waals surface area contributed by atoms with E-state index in [9.17, 15) is 9.65 Å². The van der Waals surface area contributed by atoms with E-state index in [2.05, 4.69) is 13.0 Å². The summed E-state index contributed by atoms with van der Waals surface area (Å²) in [7, 11) is 1.60. The molecule has 0 fully saturated rings. The molecule has 3 heteroatoms. The van der Waals surface area contributed by atoms with Gasteiger partial charge in [-0.25, -0.2) is 4.39 Å². The molecule has 110 valence electrons. The van der Waals surface area contributed by atoms with Crippen LogP contribution in [0.4, 0.5) is 4.39 Å². The zero-order chi connectivity index (χ0) is 14.8. The van der Waals surface area contributed by atoms with Crippen LogP contribution in [0.1, 0.15) is 56.9 Å². The van der Waals surface area contributed by atoms with Crippen LogP contribution in [0.5, 0.6) is 5.75 Å². The molecular formula is C17H24FNO. The fraction of sp³-hybridized carbons (Fsp3) is 0.588. The van der Waals surface area contributed by atoms with Gasteiger partial charge in [-0.3, -0.25) is 0 Å². The molecule has 0 saturated heterocycles. The van der Waals surface area contributed by atoms with Gasteiger partial charge >= 0.3 is 0 Å². The molecule has 0 bridgehead atoms. The van der Waals surface area contributed by atoms with Crippen molar-refractivity contribution < 1.29 is 9.13 Å². The van der Waals surface area contributed by atoms with Gasteiger partial charge < -0.3 is 4.74 Å². The van der Waals surface area contributed by atoms with Crippen LogP contribution in [0.3, 0.4) is 0 Å². The van der Waals surface area contributed by atoms with Gasteiger partial charge in [0.05, 0.1) is 19.1 Å². The van der Waals surface area contributed by atoms with Crippen LogP contribution in [0.25, 0.3) is 0 Å². The molecule has 2 nitrogen and oxygen atoms in total. The molecule has 0 heterocycles. The van der Waals surface area contributed by atoms with Crippen LogP contribution in [0, 0.1) is 11.3 Å². The molecule has 0 aromatic heterocycles. The molecule has 0 N–H and O–H groups in total. The fourth-order valence-electron chi connectivity index (χ4n) is 2.27. The normalized spacial score (nSPS) is 13.5. The highest BCUT2D eigenvalue weighted by molar-refractivity contribution is 5.32. The van der Waals surface area contributed by atoms with Crippen molar-refractivity contribution in [3.05, 3.63) is 29.8 Å². The predicted octanol–water partition coefficient (Wildman–Crippen LogP) is 5.00. The summed E-state index contributed by atoms with van der Waals surface area (Å²) in [5, 5.41) is 9.22. The van der Waals surface area contributed by atoms with E-state index in [0.717, 1.165) is 37.0 Å². The monoisotopic (exact) mass is 277 g/mol. The van der Waals surface area contributed by atoms with Crippen LogP contribution < -0.4 is 4.74 Å². The molecule has 0 spiro atoms. The van der Waals surface area contributed by atoms with Crippen molar-refractivity contribution in [1.82, 2.24) is 0 Å². The second-order valence-corrected chi connectivity index (χ2v) is 5.14. The summed E-state index contributed by atoms with van der Waals surface area (Å²) < 4.78 is 19.0. The van der Waals surface area contributed by atoms with Gasteiger partial charge in [0.25, 0.3) is 0 Å². The third-order valence-electron chi connectivity index (χ3n) is 3.54. The zero-order valence-electron chi connectivity index (χ0n) is 12.4. The zero-order valence-corrected chi connectivity index (χ0v) is 12.4. The highest BCUT2D eigenvalue weighted by Gasteiger charge is 2.17. The summed E-state index contributed by atoms with van der Waals surface area (Å²) >= 11 is 0. The van der Waals surface area contributed by atoms with Crippen molar-refractivity contribution in [1.29, 1.82) is 5.26 Å². The summed E-state index contributed by atoms with van der Waals surface area (Å²) in [6.45, 7) is 2.14. The Morgan fingerprint density at radius 1 is 1.20 bits per heavy atom. The second-order valence-electron chi connectivity index (χ2n) is 5.14. The first kappa shape index (κ1) is 16.5. The first-order valence-electron chi connectivity index (χ1n) is 7.38. The quantitative estimate of drug-likeness (QED) is 0.595. The maximum Gasteiger partial charge on any atom is 0.118 e. The van der Waals surface area contributed by atoms with Crippen molar-refractivity contribution in [3.63, 3.8) is 0 Å². The Labute approximate surface area is 121 Å². The number of benzene rings is 1. The minimum Gasteiger partial charge on any atom is -0.497 e. The number of hydrogen-bond acceptors (Lipinski definition) is 2. The summed E-state index contributed by atoms with van der Waals surface area (Å²) in [6, 6.07) is 9.52. The Bertz CT molecular complexity index is 410. The number of rotatable bonds is 9. The van der Waals surface area contributed by atoms with Crippen molar-refractivity contribution in [3.8, 4) is 11.8 Å². The average Bonchev–Trinajstić information content (AvgIpc) is 2.49. The SMILES string of the molecule is CCCCCC[C@H](F)C[C@H](C#N)c1ccc(OC)cc1. The summed E-state index contributed by atoms with van der Waals surface area (Å²) in [6.07, 6.45) is 4.27. The predicted molar refractivity (Wildman–Crippen MR) is 79.6 cm³/mol. The van der Waals surface area contributed by atoms with E-state index in [1.54, 1.807) is 7.11 Å². The molecule has 20 heavy (non-hydrogen) atoms. The summed E-state index contributed by atoms with van der Waals surface area (Å²) in [4.78, 5) is 0. The van der Waals surface area contributed by atoms with E-state index in [-0.39, 0.29) is 12.3 Å². The van der Waals surface area contributed by atoms with Crippen LogP contribution in [0.2, 0.25) is 0 Å². The molecule has 1 aromatic carbocycles. The van der Waals surface area contributed by atoms with Crippen LogP contribution >= 0.6 is 0 Å². The van der Waals surface area contributed by atoms with Gasteiger partial charge in [0.2, 0.25) is 0 Å². The smallest absolute Gasteiger partial charge is 0.118 e. The maximum absolute atomic E-state index is 13.9. The molecule has 2 atom stereocenters. The number of unbranched alkanes of at least 4 members (excludes halogenated alkanes) is 3. The van der Waals surface area contributed by atoms with Crippen LogP contribution in [-0.4, -0.2) is 13.3 Å². The van der Waals surface area contributed by atoms with Gasteiger partial charge in [0.15, 0.2) is 0 Å². The van der Waals surface area contributed by atoms with Gasteiger partial charge in [0, 0.05) is 0 Å². The highest BCUT2D eigenvalue weighted by atomic mass is 19.1. The first-order chi connectivity index (χ1) is 9.71. The highest BCUT2D eigenvalue weighted by Crippen LogP contribution is 2.26. The topological polar surface area (TPSA) is 33.0 Å². The van der Waals surface area contributed by atoms with Gasteiger partial charge in [-0.1, -0.05) is 44.7 Å².